The van der Waals surface area contributed by atoms with Crippen LogP contribution in [0, 0.1) is 29.1 Å². The summed E-state index contributed by atoms with van der Waals surface area (Å²) in [5.41, 5.74) is -4.17. The second-order valence-electron chi connectivity index (χ2n) is 16.9. The van der Waals surface area contributed by atoms with E-state index >= 15 is 0 Å². The number of halogens is 3. The van der Waals surface area contributed by atoms with Crippen molar-refractivity contribution >= 4 is 44.4 Å². The maximum atomic E-state index is 14.8. The Morgan fingerprint density at radius 2 is 1.75 bits per heavy atom. The lowest BCUT2D eigenvalue weighted by molar-refractivity contribution is -0.257. The first kappa shape index (κ1) is 42.4. The number of carbonyl (C=O) groups is 4. The van der Waals surface area contributed by atoms with Crippen LogP contribution in [0.15, 0.2) is 42.6 Å². The van der Waals surface area contributed by atoms with Gasteiger partial charge in [0, 0.05) is 23.6 Å². The number of carbonyl (C=O) groups excluding carboxylic acids is 4. The molecule has 2 saturated carbocycles. The molecule has 2 aromatic rings. The van der Waals surface area contributed by atoms with E-state index in [1.165, 1.54) is 18.2 Å². The second-order valence-corrected chi connectivity index (χ2v) is 18.9. The Morgan fingerprint density at radius 3 is 2.40 bits per heavy atom. The number of nitrogens with zero attached hydrogens (tertiary/aromatic N) is 2. The lowest BCUT2D eigenvalue weighted by atomic mass is 9.82. The first-order chi connectivity index (χ1) is 26.8. The number of benzene rings is 1. The number of sulfonamides is 1. The highest BCUT2D eigenvalue weighted by molar-refractivity contribution is 7.90. The number of pyridine rings is 1. The molecule has 12 nitrogen and oxygen atoms in total. The van der Waals surface area contributed by atoms with Crippen LogP contribution in [0.4, 0.5) is 13.2 Å². The molecule has 2 aliphatic heterocycles. The fourth-order valence-electron chi connectivity index (χ4n) is 8.41. The van der Waals surface area contributed by atoms with Crippen LogP contribution in [0.5, 0.6) is 11.6 Å². The largest absolute Gasteiger partial charge is 0.494 e. The summed E-state index contributed by atoms with van der Waals surface area (Å²) < 4.78 is 86.5. The number of rotatable bonds is 9. The summed E-state index contributed by atoms with van der Waals surface area (Å²) in [6, 6.07) is 6.08. The molecule has 1 saturated heterocycles. The van der Waals surface area contributed by atoms with Gasteiger partial charge in [-0.15, -0.1) is 0 Å². The Bertz CT molecular complexity index is 2020. The number of aromatic nitrogens is 1. The van der Waals surface area contributed by atoms with Crippen LogP contribution < -0.4 is 14.2 Å². The Hall–Kier alpha value is -4.21. The molecule has 4 aliphatic rings. The molecule has 57 heavy (non-hydrogen) atoms. The molecule has 7 atom stereocenters. The molecule has 6 rings (SSSR count). The minimum atomic E-state index is -4.86. The van der Waals surface area contributed by atoms with Crippen molar-refractivity contribution in [2.45, 2.75) is 121 Å². The highest BCUT2D eigenvalue weighted by atomic mass is 32.2. The van der Waals surface area contributed by atoms with E-state index in [0.717, 1.165) is 20.3 Å². The summed E-state index contributed by atoms with van der Waals surface area (Å²) in [6.07, 6.45) is 2.14. The zero-order chi connectivity index (χ0) is 41.5. The molecule has 312 valence electrons. The molecule has 16 heteroatoms. The summed E-state index contributed by atoms with van der Waals surface area (Å²) in [5.74, 6) is -4.41. The normalized spacial score (nSPS) is 29.6. The van der Waals surface area contributed by atoms with Crippen molar-refractivity contribution in [1.29, 1.82) is 0 Å². The van der Waals surface area contributed by atoms with E-state index < -0.39 is 92.4 Å². The molecule has 1 aromatic carbocycles. The molecule has 0 radical (unpaired) electrons. The van der Waals surface area contributed by atoms with Gasteiger partial charge in [-0.1, -0.05) is 50.6 Å². The van der Waals surface area contributed by atoms with E-state index in [4.69, 9.17) is 14.2 Å². The predicted molar refractivity (Wildman–Crippen MR) is 203 cm³/mol. The van der Waals surface area contributed by atoms with Gasteiger partial charge in [0.15, 0.2) is 5.78 Å². The van der Waals surface area contributed by atoms with Crippen molar-refractivity contribution in [2.75, 3.05) is 13.7 Å². The van der Waals surface area contributed by atoms with Crippen LogP contribution in [0.3, 0.4) is 0 Å². The van der Waals surface area contributed by atoms with Crippen LogP contribution in [0.1, 0.15) is 91.9 Å². The smallest absolute Gasteiger partial charge is 0.427 e. The quantitative estimate of drug-likeness (QED) is 0.220. The Kier molecular flexibility index (Phi) is 12.1. The number of Topliss-reactive ketones (excluding diaryl/α,β-unsaturated/α-hetero) is 1. The molecular formula is C41H52F3N3O9S. The average Bonchev–Trinajstić information content (AvgIpc) is 3.63. The minimum Gasteiger partial charge on any atom is -0.494 e. The minimum absolute atomic E-state index is 0.0196. The first-order valence-electron chi connectivity index (χ1n) is 19.7. The summed E-state index contributed by atoms with van der Waals surface area (Å²) >= 11 is 0. The fourth-order valence-corrected chi connectivity index (χ4v) is 9.99. The van der Waals surface area contributed by atoms with Crippen molar-refractivity contribution < 1.29 is 55.0 Å². The first-order valence-corrected chi connectivity index (χ1v) is 21.2. The SMILES string of the molecule is COc1cnc(O[C@@H]2C[C@H]3C(=O)C[C@]4(C(=O)NS(=O)(=O)C5CCC5)C[C@H]4/C=C\CC[C@@H](C)C[C@@H](C)[C@H](CC(=O)OC(C)(C)C(F)(F)F)C(=O)N3C2)c2ccccc12. The number of hydrogen-bond acceptors (Lipinski definition) is 10. The second kappa shape index (κ2) is 16.2. The number of nitrogens with one attached hydrogen (secondary N) is 1. The van der Waals surface area contributed by atoms with E-state index in [-0.39, 0.29) is 37.6 Å². The molecule has 3 heterocycles. The molecule has 1 aromatic heterocycles. The third kappa shape index (κ3) is 8.95. The van der Waals surface area contributed by atoms with Gasteiger partial charge in [-0.2, -0.15) is 13.2 Å². The van der Waals surface area contributed by atoms with Crippen LogP contribution in [0.25, 0.3) is 10.8 Å². The summed E-state index contributed by atoms with van der Waals surface area (Å²) in [7, 11) is -2.45. The van der Waals surface area contributed by atoms with E-state index in [0.29, 0.717) is 48.6 Å². The summed E-state index contributed by atoms with van der Waals surface area (Å²) in [6.45, 7) is 5.10. The highest BCUT2D eigenvalue weighted by Gasteiger charge is 2.61. The van der Waals surface area contributed by atoms with Crippen molar-refractivity contribution in [1.82, 2.24) is 14.6 Å². The molecule has 0 spiro atoms. The maximum Gasteiger partial charge on any atom is 0.427 e. The molecule has 3 fully saturated rings. The van der Waals surface area contributed by atoms with Gasteiger partial charge in [-0.3, -0.25) is 23.9 Å². The monoisotopic (exact) mass is 819 g/mol. The van der Waals surface area contributed by atoms with E-state index in [2.05, 4.69) is 9.71 Å². The summed E-state index contributed by atoms with van der Waals surface area (Å²) in [5, 5.41) is 0.650. The number of amides is 2. The standard InChI is InChI=1S/C41H52F3N3O9S/c1-24-11-6-7-12-26-20-40(26,38(51)46-57(52,53)28-13-10-14-28)21-33(48)32-18-27(55-36-30-16-9-8-15-29(30)34(54-5)22-45-36)23-47(32)37(50)31(25(2)17-24)19-35(49)56-39(3,4)41(42,43)44/h7-9,12,15-16,22,24-28,31-32H,6,10-11,13-14,17-21,23H2,1-5H3,(H,46,51)/b12-7-/t24-,25-,26-,27-,31+,32+,40-/m1/s1. The molecule has 2 aliphatic carbocycles. The van der Waals surface area contributed by atoms with Crippen LogP contribution in [-0.2, 0) is 33.9 Å². The van der Waals surface area contributed by atoms with Gasteiger partial charge in [-0.05, 0) is 76.2 Å². The molecular weight excluding hydrogens is 768 g/mol. The number of ketones is 1. The number of hydrogen-bond donors (Lipinski definition) is 1. The lowest BCUT2D eigenvalue weighted by Gasteiger charge is -2.33. The van der Waals surface area contributed by atoms with Gasteiger partial charge in [-0.25, -0.2) is 13.4 Å². The van der Waals surface area contributed by atoms with Gasteiger partial charge in [0.05, 0.1) is 48.9 Å². The van der Waals surface area contributed by atoms with Crippen LogP contribution in [0.2, 0.25) is 0 Å². The molecule has 2 amide bonds. The third-order valence-electron chi connectivity index (χ3n) is 12.4. The highest BCUT2D eigenvalue weighted by Crippen LogP contribution is 2.57. The number of esters is 1. The van der Waals surface area contributed by atoms with Crippen LogP contribution in [-0.4, -0.2) is 84.7 Å². The lowest BCUT2D eigenvalue weighted by Crippen LogP contribution is -2.49. The maximum absolute atomic E-state index is 14.8. The van der Waals surface area contributed by atoms with E-state index in [9.17, 15) is 40.8 Å². The van der Waals surface area contributed by atoms with E-state index in [1.807, 2.05) is 31.2 Å². The Morgan fingerprint density at radius 1 is 1.05 bits per heavy atom. The number of alkyl halides is 3. The van der Waals surface area contributed by atoms with Gasteiger partial charge in [0.1, 0.15) is 11.9 Å². The molecule has 1 N–H and O–H groups in total. The molecule has 0 unspecified atom stereocenters. The summed E-state index contributed by atoms with van der Waals surface area (Å²) in [4.78, 5) is 62.4. The number of fused-ring (bicyclic) bond motifs is 3. The van der Waals surface area contributed by atoms with Crippen molar-refractivity contribution in [3.05, 3.63) is 42.6 Å². The van der Waals surface area contributed by atoms with Crippen molar-refractivity contribution in [3.63, 3.8) is 0 Å². The van der Waals surface area contributed by atoms with Crippen molar-refractivity contribution in [2.24, 2.45) is 29.1 Å². The zero-order valence-corrected chi connectivity index (χ0v) is 33.8. The molecule has 0 bridgehead atoms. The van der Waals surface area contributed by atoms with Gasteiger partial charge in [0.25, 0.3) is 0 Å². The Labute approximate surface area is 331 Å². The zero-order valence-electron chi connectivity index (χ0n) is 33.0. The average molecular weight is 820 g/mol. The van der Waals surface area contributed by atoms with Gasteiger partial charge in [0.2, 0.25) is 33.3 Å². The van der Waals surface area contributed by atoms with Crippen LogP contribution >= 0.6 is 0 Å². The Balaban J connectivity index is 1.35. The third-order valence-corrected chi connectivity index (χ3v) is 14.2. The number of allylic oxidation sites excluding steroid dienone is 2. The van der Waals surface area contributed by atoms with Crippen molar-refractivity contribution in [3.8, 4) is 11.6 Å². The predicted octanol–water partition coefficient (Wildman–Crippen LogP) is 6.46. The van der Waals surface area contributed by atoms with E-state index in [1.54, 1.807) is 19.1 Å². The fraction of sp³-hybridized carbons (Fsp3) is 0.634. The number of ether oxygens (including phenoxy) is 3. The number of methoxy groups -OCH3 is 1. The van der Waals surface area contributed by atoms with Gasteiger partial charge < -0.3 is 19.1 Å². The topological polar surface area (TPSA) is 158 Å². The van der Waals surface area contributed by atoms with Gasteiger partial charge >= 0.3 is 12.1 Å².